The van der Waals surface area contributed by atoms with Crippen LogP contribution in [0.4, 0.5) is 0 Å². The number of thioether (sulfide) groups is 1. The molecule has 0 aromatic heterocycles. The summed E-state index contributed by atoms with van der Waals surface area (Å²) in [5.41, 5.74) is 0. The minimum atomic E-state index is -2.91. The Morgan fingerprint density at radius 2 is 1.96 bits per heavy atom. The number of hydrogen-bond acceptors (Lipinski definition) is 7. The summed E-state index contributed by atoms with van der Waals surface area (Å²) >= 11 is 2.01. The normalized spacial score (nSPS) is 41.4. The van der Waals surface area contributed by atoms with E-state index < -0.39 is 16.1 Å². The fraction of sp³-hybridized carbons (Fsp3) is 1.00. The zero-order chi connectivity index (χ0) is 17.2. The van der Waals surface area contributed by atoms with E-state index >= 15 is 0 Å². The molecule has 4 atom stereocenters. The molecule has 3 fully saturated rings. The minimum Gasteiger partial charge on any atom is -0.376 e. The van der Waals surface area contributed by atoms with Crippen LogP contribution in [0.2, 0.25) is 0 Å². The highest BCUT2D eigenvalue weighted by Crippen LogP contribution is 2.31. The third-order valence-corrected chi connectivity index (χ3v) is 8.82. The van der Waals surface area contributed by atoms with Gasteiger partial charge in [-0.15, -0.1) is 0 Å². The molecule has 1 saturated carbocycles. The predicted octanol–water partition coefficient (Wildman–Crippen LogP) is 0.281. The Hall–Kier alpha value is 0.140. The van der Waals surface area contributed by atoms with Gasteiger partial charge in [0.05, 0.1) is 11.4 Å². The maximum absolute atomic E-state index is 11.7. The van der Waals surface area contributed by atoms with Crippen LogP contribution in [-0.2, 0) is 9.84 Å². The molecular weight excluding hydrogens is 346 g/mol. The summed E-state index contributed by atoms with van der Waals surface area (Å²) in [5, 5.41) is 20.9. The van der Waals surface area contributed by atoms with Crippen LogP contribution in [-0.4, -0.2) is 67.6 Å². The summed E-state index contributed by atoms with van der Waals surface area (Å²) in [4.78, 5) is 0. The van der Waals surface area contributed by atoms with Gasteiger partial charge in [0.2, 0.25) is 0 Å². The van der Waals surface area contributed by atoms with Crippen LogP contribution in [0.1, 0.15) is 38.5 Å². The van der Waals surface area contributed by atoms with E-state index in [0.717, 1.165) is 38.8 Å². The highest BCUT2D eigenvalue weighted by Gasteiger charge is 2.36. The lowest BCUT2D eigenvalue weighted by Gasteiger charge is -2.42. The van der Waals surface area contributed by atoms with Crippen molar-refractivity contribution in [1.29, 1.82) is 0 Å². The molecule has 0 spiro atoms. The van der Waals surface area contributed by atoms with Crippen LogP contribution in [0.25, 0.3) is 0 Å². The molecule has 0 amide bonds. The number of sulfone groups is 1. The molecular formula is C16H31N3O3S2. The first-order chi connectivity index (χ1) is 11.4. The molecule has 0 aromatic carbocycles. The molecule has 2 aliphatic heterocycles. The second kappa shape index (κ2) is 8.22. The average Bonchev–Trinajstić information content (AvgIpc) is 3.07. The van der Waals surface area contributed by atoms with Gasteiger partial charge in [0.1, 0.15) is 16.1 Å². The van der Waals surface area contributed by atoms with Crippen LogP contribution in [0.15, 0.2) is 0 Å². The predicted molar refractivity (Wildman–Crippen MR) is 98.8 cm³/mol. The fourth-order valence-electron chi connectivity index (χ4n) is 4.20. The van der Waals surface area contributed by atoms with Gasteiger partial charge in [-0.2, -0.15) is 11.8 Å². The van der Waals surface area contributed by atoms with E-state index in [-0.39, 0.29) is 11.4 Å². The number of rotatable bonds is 5. The lowest BCUT2D eigenvalue weighted by Crippen LogP contribution is -2.68. The lowest BCUT2D eigenvalue weighted by atomic mass is 9.83. The molecule has 2 heterocycles. The average molecular weight is 378 g/mol. The molecule has 24 heavy (non-hydrogen) atoms. The van der Waals surface area contributed by atoms with E-state index in [0.29, 0.717) is 17.2 Å². The highest BCUT2D eigenvalue weighted by molar-refractivity contribution is 8.00. The highest BCUT2D eigenvalue weighted by atomic mass is 32.2. The molecule has 3 rings (SSSR count). The van der Waals surface area contributed by atoms with Gasteiger partial charge in [-0.1, -0.05) is 0 Å². The number of piperazine rings is 1. The first-order valence-electron chi connectivity index (χ1n) is 9.15. The van der Waals surface area contributed by atoms with Gasteiger partial charge in [0.25, 0.3) is 0 Å². The summed E-state index contributed by atoms with van der Waals surface area (Å²) in [6.45, 7) is 1.67. The van der Waals surface area contributed by atoms with Gasteiger partial charge in [0, 0.05) is 30.6 Å². The zero-order valence-corrected chi connectivity index (χ0v) is 16.0. The van der Waals surface area contributed by atoms with Crippen molar-refractivity contribution in [3.05, 3.63) is 0 Å². The van der Waals surface area contributed by atoms with Crippen molar-refractivity contribution in [3.63, 3.8) is 0 Å². The maximum Gasteiger partial charge on any atom is 0.150 e. The topological polar surface area (TPSA) is 90.5 Å². The van der Waals surface area contributed by atoms with Crippen LogP contribution < -0.4 is 16.0 Å². The molecule has 8 heteroatoms. The van der Waals surface area contributed by atoms with Gasteiger partial charge >= 0.3 is 0 Å². The Labute approximate surface area is 149 Å². The third-order valence-electron chi connectivity index (χ3n) is 5.74. The van der Waals surface area contributed by atoms with Crippen LogP contribution in [0.3, 0.4) is 0 Å². The molecule has 0 bridgehead atoms. The van der Waals surface area contributed by atoms with Gasteiger partial charge in [-0.25, -0.2) is 8.42 Å². The summed E-state index contributed by atoms with van der Waals surface area (Å²) < 4.78 is 23.4. The van der Waals surface area contributed by atoms with Crippen LogP contribution >= 0.6 is 11.8 Å². The van der Waals surface area contributed by atoms with Gasteiger partial charge < -0.3 is 5.11 Å². The first kappa shape index (κ1) is 18.9. The standard InChI is InChI=1S/C16H31N3O3S2/c1-24(21,22)13-6-4-11(5-7-13)14-10-18-16(20)15(19-14)17-9-12-3-2-8-23-12/h11-20H,2-10H2,1H3. The van der Waals surface area contributed by atoms with E-state index in [1.54, 1.807) is 0 Å². The summed E-state index contributed by atoms with van der Waals surface area (Å²) in [5.74, 6) is 1.73. The smallest absolute Gasteiger partial charge is 0.150 e. The van der Waals surface area contributed by atoms with E-state index in [2.05, 4.69) is 16.0 Å². The van der Waals surface area contributed by atoms with E-state index in [4.69, 9.17) is 0 Å². The molecule has 6 nitrogen and oxygen atoms in total. The van der Waals surface area contributed by atoms with Crippen LogP contribution in [0, 0.1) is 5.92 Å². The molecule has 4 N–H and O–H groups in total. The van der Waals surface area contributed by atoms with E-state index in [1.165, 1.54) is 24.9 Å². The second-order valence-electron chi connectivity index (χ2n) is 7.51. The fourth-order valence-corrected chi connectivity index (χ4v) is 6.54. The molecule has 0 radical (unpaired) electrons. The van der Waals surface area contributed by atoms with Crippen molar-refractivity contribution >= 4 is 21.6 Å². The summed E-state index contributed by atoms with van der Waals surface area (Å²) in [7, 11) is -2.91. The molecule has 1 aliphatic carbocycles. The Morgan fingerprint density at radius 3 is 2.58 bits per heavy atom. The van der Waals surface area contributed by atoms with Crippen molar-refractivity contribution in [2.45, 2.75) is 67.5 Å². The van der Waals surface area contributed by atoms with Crippen molar-refractivity contribution in [2.24, 2.45) is 5.92 Å². The van der Waals surface area contributed by atoms with Crippen LogP contribution in [0.5, 0.6) is 0 Å². The summed E-state index contributed by atoms with van der Waals surface area (Å²) in [6.07, 6.45) is 6.63. The van der Waals surface area contributed by atoms with Gasteiger partial charge in [-0.3, -0.25) is 16.0 Å². The largest absolute Gasteiger partial charge is 0.376 e. The Bertz CT molecular complexity index is 503. The Kier molecular flexibility index (Phi) is 6.48. The van der Waals surface area contributed by atoms with Crippen molar-refractivity contribution in [3.8, 4) is 0 Å². The van der Waals surface area contributed by atoms with Gasteiger partial charge in [0.15, 0.2) is 0 Å². The minimum absolute atomic E-state index is 0.127. The first-order valence-corrected chi connectivity index (χ1v) is 12.1. The molecule has 140 valence electrons. The molecule has 3 aliphatic rings. The van der Waals surface area contributed by atoms with Gasteiger partial charge in [-0.05, 0) is 50.2 Å². The third kappa shape index (κ3) is 4.86. The SMILES string of the molecule is CS(=O)(=O)C1CCC(C2CNC(O)C(NCC3CCCS3)N2)CC1. The molecule has 0 aromatic rings. The number of nitrogens with one attached hydrogen (secondary N) is 3. The zero-order valence-electron chi connectivity index (χ0n) is 14.4. The van der Waals surface area contributed by atoms with E-state index in [9.17, 15) is 13.5 Å². The van der Waals surface area contributed by atoms with Crippen molar-refractivity contribution in [1.82, 2.24) is 16.0 Å². The second-order valence-corrected chi connectivity index (χ2v) is 11.2. The Balaban J connectivity index is 1.48. The monoisotopic (exact) mass is 377 g/mol. The lowest BCUT2D eigenvalue weighted by molar-refractivity contribution is 0.0323. The number of aliphatic hydroxyl groups excluding tert-OH is 1. The summed E-state index contributed by atoms with van der Waals surface area (Å²) in [6, 6.07) is 0.294. The van der Waals surface area contributed by atoms with E-state index in [1.807, 2.05) is 11.8 Å². The quantitative estimate of drug-likeness (QED) is 0.547. The Morgan fingerprint density at radius 1 is 1.21 bits per heavy atom. The molecule has 4 unspecified atom stereocenters. The maximum atomic E-state index is 11.7. The van der Waals surface area contributed by atoms with Crippen molar-refractivity contribution < 1.29 is 13.5 Å². The molecule has 2 saturated heterocycles. The van der Waals surface area contributed by atoms with Crippen molar-refractivity contribution in [2.75, 3.05) is 25.1 Å². The number of aliphatic hydroxyl groups is 1. The number of hydrogen-bond donors (Lipinski definition) is 4.